The van der Waals surface area contributed by atoms with Gasteiger partial charge in [-0.1, -0.05) is 12.1 Å². The Labute approximate surface area is 207 Å². The van der Waals surface area contributed by atoms with Crippen molar-refractivity contribution in [1.29, 1.82) is 0 Å². The molecule has 0 radical (unpaired) electrons. The maximum absolute atomic E-state index is 13.0. The monoisotopic (exact) mass is 498 g/mol. The molecular weight excluding hydrogens is 472 g/mol. The van der Waals surface area contributed by atoms with E-state index < -0.39 is 6.10 Å². The molecule has 2 aliphatic heterocycles. The second-order valence-electron chi connectivity index (χ2n) is 8.19. The molecule has 10 nitrogen and oxygen atoms in total. The van der Waals surface area contributed by atoms with Crippen LogP contribution in [0, 0.1) is 4.84 Å². The highest BCUT2D eigenvalue weighted by molar-refractivity contribution is 7.71. The van der Waals surface area contributed by atoms with E-state index in [4.69, 9.17) is 35.6 Å². The van der Waals surface area contributed by atoms with E-state index in [-0.39, 0.29) is 17.4 Å². The zero-order valence-corrected chi connectivity index (χ0v) is 20.3. The van der Waals surface area contributed by atoms with Gasteiger partial charge in [-0.15, -0.1) is 5.10 Å². The van der Waals surface area contributed by atoms with Gasteiger partial charge in [0, 0.05) is 31.7 Å². The van der Waals surface area contributed by atoms with Crippen molar-refractivity contribution >= 4 is 18.1 Å². The number of fused-ring (bicyclic) bond motifs is 1. The lowest BCUT2D eigenvalue weighted by Crippen LogP contribution is -2.54. The third-order valence-electron chi connectivity index (χ3n) is 6.04. The first-order valence-electron chi connectivity index (χ1n) is 11.3. The number of amides is 1. The first-order valence-corrected chi connectivity index (χ1v) is 11.7. The summed E-state index contributed by atoms with van der Waals surface area (Å²) in [5.41, 5.74) is 0.735. The van der Waals surface area contributed by atoms with Gasteiger partial charge in [-0.2, -0.15) is 0 Å². The summed E-state index contributed by atoms with van der Waals surface area (Å²) in [5.74, 6) is 2.81. The summed E-state index contributed by atoms with van der Waals surface area (Å²) < 4.78 is 29.6. The Hall–Kier alpha value is -3.57. The Morgan fingerprint density at radius 3 is 2.54 bits per heavy atom. The number of piperazine rings is 1. The van der Waals surface area contributed by atoms with Crippen LogP contribution in [0.4, 0.5) is 0 Å². The number of methoxy groups -OCH3 is 2. The van der Waals surface area contributed by atoms with Crippen molar-refractivity contribution in [3.05, 3.63) is 47.3 Å². The van der Waals surface area contributed by atoms with Crippen molar-refractivity contribution < 1.29 is 28.2 Å². The van der Waals surface area contributed by atoms with Crippen molar-refractivity contribution in [3.63, 3.8) is 0 Å². The van der Waals surface area contributed by atoms with Gasteiger partial charge >= 0.3 is 0 Å². The first kappa shape index (κ1) is 23.2. The zero-order valence-electron chi connectivity index (χ0n) is 19.5. The maximum atomic E-state index is 13.0. The molecule has 1 saturated heterocycles. The van der Waals surface area contributed by atoms with Crippen LogP contribution in [0.25, 0.3) is 11.5 Å². The summed E-state index contributed by atoms with van der Waals surface area (Å²) >= 11 is 5.39. The quantitative estimate of drug-likeness (QED) is 0.476. The average molecular weight is 499 g/mol. The van der Waals surface area contributed by atoms with E-state index in [1.807, 2.05) is 35.2 Å². The van der Waals surface area contributed by atoms with Gasteiger partial charge in [-0.05, 0) is 42.5 Å². The van der Waals surface area contributed by atoms with Crippen molar-refractivity contribution in [2.24, 2.45) is 0 Å². The van der Waals surface area contributed by atoms with Crippen LogP contribution in [0.15, 0.2) is 46.9 Å². The number of ether oxygens (including phenoxy) is 4. The highest BCUT2D eigenvalue weighted by Gasteiger charge is 2.32. The molecule has 0 saturated carbocycles. The number of rotatable bonds is 6. The minimum atomic E-state index is -0.635. The predicted octanol–water partition coefficient (Wildman–Crippen LogP) is 2.83. The van der Waals surface area contributed by atoms with Crippen molar-refractivity contribution in [3.8, 4) is 34.5 Å². The Balaban J connectivity index is 1.19. The smallest absolute Gasteiger partial charge is 0.288 e. The topological polar surface area (TPSA) is 91.4 Å². The Morgan fingerprint density at radius 1 is 1.06 bits per heavy atom. The summed E-state index contributed by atoms with van der Waals surface area (Å²) in [7, 11) is 3.16. The van der Waals surface area contributed by atoms with Crippen LogP contribution in [0.5, 0.6) is 23.0 Å². The van der Waals surface area contributed by atoms with E-state index in [0.717, 1.165) is 5.56 Å². The molecule has 1 amide bonds. The number of hydrogen-bond donors (Lipinski definition) is 0. The number of hydrogen-bond acceptors (Lipinski definition) is 9. The average Bonchev–Trinajstić information content (AvgIpc) is 3.27. The predicted molar refractivity (Wildman–Crippen MR) is 128 cm³/mol. The van der Waals surface area contributed by atoms with Gasteiger partial charge in [-0.3, -0.25) is 9.69 Å². The van der Waals surface area contributed by atoms with Crippen LogP contribution in [0.2, 0.25) is 0 Å². The largest absolute Gasteiger partial charge is 0.493 e. The van der Waals surface area contributed by atoms with Gasteiger partial charge in [0.05, 0.1) is 20.9 Å². The third-order valence-corrected chi connectivity index (χ3v) is 6.33. The Morgan fingerprint density at radius 2 is 1.80 bits per heavy atom. The van der Waals surface area contributed by atoms with E-state index in [9.17, 15) is 4.79 Å². The lowest BCUT2D eigenvalue weighted by molar-refractivity contribution is -0.143. The Bertz CT molecular complexity index is 1270. The molecular formula is C24H26N4O6S. The van der Waals surface area contributed by atoms with Crippen LogP contribution in [-0.4, -0.2) is 78.6 Å². The molecule has 5 rings (SSSR count). The standard InChI is InChI=1S/C24H26N4O6S/c1-30-17-8-7-16(13-20(17)31-2)22-25-28(24(35)34-22)15-26-9-11-27(12-10-26)23(29)21-14-32-18-5-3-4-6-19(18)33-21/h3-8,13,21H,9-12,14-15H2,1-2H3/t21-/m0/s1. The SMILES string of the molecule is COc1ccc(-c2nn(CN3CCN(C(=O)[C@@H]4COc5ccccc5O4)CC3)c(=S)o2)cc1OC. The summed E-state index contributed by atoms with van der Waals surface area (Å²) in [6, 6.07) is 12.8. The molecule has 1 fully saturated rings. The van der Waals surface area contributed by atoms with Gasteiger partial charge in [0.2, 0.25) is 12.0 Å². The molecule has 0 unspecified atom stereocenters. The van der Waals surface area contributed by atoms with Crippen molar-refractivity contribution in [2.45, 2.75) is 12.8 Å². The van der Waals surface area contributed by atoms with Crippen LogP contribution < -0.4 is 18.9 Å². The normalized spacial score (nSPS) is 17.8. The molecule has 1 atom stereocenters. The Kier molecular flexibility index (Phi) is 6.60. The molecule has 0 spiro atoms. The maximum Gasteiger partial charge on any atom is 0.288 e. The van der Waals surface area contributed by atoms with E-state index in [0.29, 0.717) is 61.7 Å². The lowest BCUT2D eigenvalue weighted by Gasteiger charge is -2.36. The molecule has 3 heterocycles. The fraction of sp³-hybridized carbons (Fsp3) is 0.375. The lowest BCUT2D eigenvalue weighted by atomic mass is 10.2. The van der Waals surface area contributed by atoms with Crippen LogP contribution >= 0.6 is 12.2 Å². The number of aromatic nitrogens is 2. The second-order valence-corrected chi connectivity index (χ2v) is 8.54. The van der Waals surface area contributed by atoms with E-state index >= 15 is 0 Å². The number of carbonyl (C=O) groups excluding carboxylic acids is 1. The second kappa shape index (κ2) is 9.96. The van der Waals surface area contributed by atoms with E-state index in [1.165, 1.54) is 0 Å². The van der Waals surface area contributed by atoms with Crippen molar-refractivity contribution in [2.75, 3.05) is 47.0 Å². The number of para-hydroxylation sites is 2. The molecule has 0 aliphatic carbocycles. The minimum Gasteiger partial charge on any atom is -0.493 e. The van der Waals surface area contributed by atoms with Gasteiger partial charge in [0.25, 0.3) is 10.7 Å². The highest BCUT2D eigenvalue weighted by Crippen LogP contribution is 2.32. The van der Waals surface area contributed by atoms with Crippen LogP contribution in [-0.2, 0) is 11.5 Å². The molecule has 2 aromatic carbocycles. The van der Waals surface area contributed by atoms with Crippen LogP contribution in [0.3, 0.4) is 0 Å². The molecule has 0 N–H and O–H groups in total. The van der Waals surface area contributed by atoms with Gasteiger partial charge in [0.15, 0.2) is 23.0 Å². The minimum absolute atomic E-state index is 0.0621. The van der Waals surface area contributed by atoms with E-state index in [1.54, 1.807) is 31.0 Å². The third kappa shape index (κ3) is 4.82. The highest BCUT2D eigenvalue weighted by atomic mass is 32.1. The number of carbonyl (C=O) groups is 1. The van der Waals surface area contributed by atoms with Crippen molar-refractivity contribution in [1.82, 2.24) is 19.6 Å². The van der Waals surface area contributed by atoms with Gasteiger partial charge in [0.1, 0.15) is 6.61 Å². The number of benzene rings is 2. The molecule has 0 bridgehead atoms. The van der Waals surface area contributed by atoms with Gasteiger partial charge < -0.3 is 28.3 Å². The summed E-state index contributed by atoms with van der Waals surface area (Å²) in [4.78, 5) is 17.2. The zero-order chi connectivity index (χ0) is 24.4. The summed E-state index contributed by atoms with van der Waals surface area (Å²) in [6.45, 7) is 3.19. The number of nitrogens with zero attached hydrogens (tertiary/aromatic N) is 4. The summed E-state index contributed by atoms with van der Waals surface area (Å²) in [5, 5.41) is 4.54. The first-order chi connectivity index (χ1) is 17.1. The molecule has 3 aromatic rings. The molecule has 1 aromatic heterocycles. The molecule has 2 aliphatic rings. The molecule has 184 valence electrons. The fourth-order valence-electron chi connectivity index (χ4n) is 4.13. The molecule has 11 heteroatoms. The summed E-state index contributed by atoms with van der Waals surface area (Å²) in [6.07, 6.45) is -0.635. The molecule has 35 heavy (non-hydrogen) atoms. The van der Waals surface area contributed by atoms with Crippen LogP contribution in [0.1, 0.15) is 0 Å². The van der Waals surface area contributed by atoms with Gasteiger partial charge in [-0.25, -0.2) is 4.68 Å². The fourth-order valence-corrected chi connectivity index (χ4v) is 4.30. The van der Waals surface area contributed by atoms with E-state index in [2.05, 4.69) is 10.00 Å².